The minimum Gasteiger partial charge on any atom is -0.374 e. The molecule has 3 rings (SSSR count). The molecule has 2 bridgehead atoms. The smallest absolute Gasteiger partial charge is 0.144 e. The van der Waals surface area contributed by atoms with E-state index in [1.165, 1.54) is 6.42 Å². The van der Waals surface area contributed by atoms with Crippen LogP contribution in [0.15, 0.2) is 4.47 Å². The minimum atomic E-state index is 0.338. The van der Waals surface area contributed by atoms with Crippen LogP contribution in [0.4, 0.5) is 5.82 Å². The van der Waals surface area contributed by atoms with E-state index in [0.717, 1.165) is 34.7 Å². The lowest BCUT2D eigenvalue weighted by Gasteiger charge is -2.18. The monoisotopic (exact) mass is 297 g/mol. The van der Waals surface area contributed by atoms with Crippen LogP contribution in [0.3, 0.4) is 0 Å². The fourth-order valence-corrected chi connectivity index (χ4v) is 3.20. The van der Waals surface area contributed by atoms with Crippen LogP contribution in [0.2, 0.25) is 0 Å². The Balaban J connectivity index is 1.95. The van der Waals surface area contributed by atoms with Gasteiger partial charge in [-0.15, -0.1) is 0 Å². The van der Waals surface area contributed by atoms with Gasteiger partial charge in [0.15, 0.2) is 0 Å². The second kappa shape index (κ2) is 4.21. The summed E-state index contributed by atoms with van der Waals surface area (Å²) in [7, 11) is 1.88. The van der Waals surface area contributed by atoms with Crippen molar-refractivity contribution in [1.29, 1.82) is 0 Å². The highest BCUT2D eigenvalue weighted by molar-refractivity contribution is 9.10. The summed E-state index contributed by atoms with van der Waals surface area (Å²) in [6, 6.07) is 0. The van der Waals surface area contributed by atoms with E-state index in [1.807, 2.05) is 14.0 Å². The Labute approximate surface area is 109 Å². The van der Waals surface area contributed by atoms with Gasteiger partial charge in [0, 0.05) is 13.0 Å². The molecular weight excluding hydrogens is 282 g/mol. The van der Waals surface area contributed by atoms with Crippen molar-refractivity contribution in [3.63, 3.8) is 0 Å². The molecule has 2 saturated heterocycles. The first kappa shape index (κ1) is 11.4. The van der Waals surface area contributed by atoms with E-state index in [-0.39, 0.29) is 0 Å². The van der Waals surface area contributed by atoms with Crippen LogP contribution in [0.25, 0.3) is 0 Å². The summed E-state index contributed by atoms with van der Waals surface area (Å²) in [5.74, 6) is 2.19. The third-order valence-corrected chi connectivity index (χ3v) is 4.66. The molecular formula is C12H16BrN3O. The van der Waals surface area contributed by atoms with E-state index >= 15 is 0 Å². The minimum absolute atomic E-state index is 0.338. The largest absolute Gasteiger partial charge is 0.374 e. The number of nitrogens with zero attached hydrogens (tertiary/aromatic N) is 2. The molecule has 0 spiro atoms. The van der Waals surface area contributed by atoms with Crippen LogP contribution >= 0.6 is 15.9 Å². The number of halogens is 1. The molecule has 2 aliphatic rings. The summed E-state index contributed by atoms with van der Waals surface area (Å²) in [4.78, 5) is 9.21. The molecule has 4 nitrogen and oxygen atoms in total. The average Bonchev–Trinajstić information content (AvgIpc) is 2.94. The summed E-state index contributed by atoms with van der Waals surface area (Å²) in [6.45, 7) is 2.00. The second-order valence-electron chi connectivity index (χ2n) is 4.80. The first-order valence-electron chi connectivity index (χ1n) is 6.06. The first-order chi connectivity index (χ1) is 8.19. The van der Waals surface area contributed by atoms with Gasteiger partial charge >= 0.3 is 0 Å². The second-order valence-corrected chi connectivity index (χ2v) is 5.59. The third-order valence-electron chi connectivity index (χ3n) is 3.71. The highest BCUT2D eigenvalue weighted by Crippen LogP contribution is 2.44. The molecule has 92 valence electrons. The van der Waals surface area contributed by atoms with E-state index < -0.39 is 0 Å². The zero-order chi connectivity index (χ0) is 12.0. The van der Waals surface area contributed by atoms with Crippen molar-refractivity contribution in [3.05, 3.63) is 16.0 Å². The fraction of sp³-hybridized carbons (Fsp3) is 0.667. The first-order valence-corrected chi connectivity index (χ1v) is 6.85. The molecule has 1 aromatic heterocycles. The predicted molar refractivity (Wildman–Crippen MR) is 69.3 cm³/mol. The molecule has 2 fully saturated rings. The number of aromatic nitrogens is 2. The quantitative estimate of drug-likeness (QED) is 0.912. The van der Waals surface area contributed by atoms with Crippen LogP contribution in [-0.4, -0.2) is 29.2 Å². The molecule has 2 aliphatic heterocycles. The number of hydrogen-bond donors (Lipinski definition) is 1. The normalized spacial score (nSPS) is 30.9. The van der Waals surface area contributed by atoms with Crippen LogP contribution in [0.1, 0.15) is 36.7 Å². The molecule has 0 radical (unpaired) electrons. The van der Waals surface area contributed by atoms with Gasteiger partial charge in [-0.05, 0) is 42.1 Å². The van der Waals surface area contributed by atoms with Crippen molar-refractivity contribution >= 4 is 21.7 Å². The van der Waals surface area contributed by atoms with Gasteiger partial charge in [-0.2, -0.15) is 0 Å². The molecule has 3 unspecified atom stereocenters. The molecule has 3 heterocycles. The topological polar surface area (TPSA) is 47.0 Å². The van der Waals surface area contributed by atoms with E-state index in [2.05, 4.69) is 31.2 Å². The molecule has 17 heavy (non-hydrogen) atoms. The Morgan fingerprint density at radius 1 is 1.35 bits per heavy atom. The van der Waals surface area contributed by atoms with Gasteiger partial charge in [0.25, 0.3) is 0 Å². The van der Waals surface area contributed by atoms with Gasteiger partial charge < -0.3 is 10.1 Å². The molecule has 1 aromatic rings. The van der Waals surface area contributed by atoms with Gasteiger partial charge in [-0.1, -0.05) is 0 Å². The highest BCUT2D eigenvalue weighted by Gasteiger charge is 2.43. The Hall–Kier alpha value is -0.680. The van der Waals surface area contributed by atoms with Crippen molar-refractivity contribution in [1.82, 2.24) is 9.97 Å². The lowest BCUT2D eigenvalue weighted by Crippen LogP contribution is -2.18. The number of nitrogens with one attached hydrogen (secondary N) is 1. The van der Waals surface area contributed by atoms with Gasteiger partial charge in [0.2, 0.25) is 0 Å². The standard InChI is InChI=1S/C12H16BrN3O/c1-6-10(13)12(14-2)16-11(15-6)8-5-7-3-4-9(8)17-7/h7-9H,3-5H2,1-2H3,(H,14,15,16). The van der Waals surface area contributed by atoms with Crippen molar-refractivity contribution in [2.45, 2.75) is 44.3 Å². The van der Waals surface area contributed by atoms with E-state index in [4.69, 9.17) is 4.74 Å². The summed E-state index contributed by atoms with van der Waals surface area (Å²) in [6.07, 6.45) is 4.22. The van der Waals surface area contributed by atoms with Crippen LogP contribution < -0.4 is 5.32 Å². The number of aryl methyl sites for hydroxylation is 1. The Bertz CT molecular complexity index is 452. The zero-order valence-electron chi connectivity index (χ0n) is 10.0. The molecule has 0 aliphatic carbocycles. The van der Waals surface area contributed by atoms with E-state index in [1.54, 1.807) is 0 Å². The Morgan fingerprint density at radius 2 is 2.18 bits per heavy atom. The SMILES string of the molecule is CNc1nc(C2CC3CCC2O3)nc(C)c1Br. The molecule has 0 aromatic carbocycles. The maximum Gasteiger partial charge on any atom is 0.144 e. The predicted octanol–water partition coefficient (Wildman–Crippen LogP) is 2.62. The third kappa shape index (κ3) is 1.85. The Morgan fingerprint density at radius 3 is 2.76 bits per heavy atom. The number of hydrogen-bond acceptors (Lipinski definition) is 4. The lowest BCUT2D eigenvalue weighted by molar-refractivity contribution is 0.0998. The number of rotatable bonds is 2. The van der Waals surface area contributed by atoms with Crippen LogP contribution in [0, 0.1) is 6.92 Å². The van der Waals surface area contributed by atoms with Gasteiger partial charge in [-0.25, -0.2) is 9.97 Å². The molecule has 5 heteroatoms. The molecule has 0 saturated carbocycles. The maximum atomic E-state index is 5.87. The molecule has 1 N–H and O–H groups in total. The summed E-state index contributed by atoms with van der Waals surface area (Å²) >= 11 is 3.51. The number of ether oxygens (including phenoxy) is 1. The van der Waals surface area contributed by atoms with E-state index in [9.17, 15) is 0 Å². The average molecular weight is 298 g/mol. The number of anilines is 1. The summed E-state index contributed by atoms with van der Waals surface area (Å²) in [5.41, 5.74) is 0.988. The fourth-order valence-electron chi connectivity index (χ4n) is 2.82. The van der Waals surface area contributed by atoms with Crippen molar-refractivity contribution in [3.8, 4) is 0 Å². The maximum absolute atomic E-state index is 5.87. The molecule has 3 atom stereocenters. The van der Waals surface area contributed by atoms with E-state index in [0.29, 0.717) is 18.1 Å². The molecule has 0 amide bonds. The highest BCUT2D eigenvalue weighted by atomic mass is 79.9. The van der Waals surface area contributed by atoms with Crippen LogP contribution in [0.5, 0.6) is 0 Å². The van der Waals surface area contributed by atoms with Crippen molar-refractivity contribution in [2.24, 2.45) is 0 Å². The lowest BCUT2D eigenvalue weighted by atomic mass is 9.88. The van der Waals surface area contributed by atoms with Crippen LogP contribution in [-0.2, 0) is 4.74 Å². The summed E-state index contributed by atoms with van der Waals surface area (Å²) < 4.78 is 6.82. The number of fused-ring (bicyclic) bond motifs is 2. The van der Waals surface area contributed by atoms with Gasteiger partial charge in [0.05, 0.1) is 22.4 Å². The van der Waals surface area contributed by atoms with Gasteiger partial charge in [-0.3, -0.25) is 0 Å². The van der Waals surface area contributed by atoms with Gasteiger partial charge in [0.1, 0.15) is 11.6 Å². The summed E-state index contributed by atoms with van der Waals surface area (Å²) in [5, 5.41) is 3.11. The zero-order valence-corrected chi connectivity index (χ0v) is 11.6. The van der Waals surface area contributed by atoms with Crippen molar-refractivity contribution in [2.75, 3.05) is 12.4 Å². The van der Waals surface area contributed by atoms with Crippen molar-refractivity contribution < 1.29 is 4.74 Å². The Kier molecular flexibility index (Phi) is 2.83.